The Kier molecular flexibility index (Phi) is 6.44. The molecule has 0 saturated heterocycles. The molecule has 0 aliphatic rings. The normalized spacial score (nSPS) is 13.0. The molecule has 1 heterocycles. The average molecular weight is 256 g/mol. The van der Waals surface area contributed by atoms with Crippen LogP contribution >= 0.6 is 11.5 Å². The third kappa shape index (κ3) is 4.60. The Bertz CT molecular complexity index is 313. The standard InChI is InChI=1S/C12H24N4S/c1-5-7-10(3)16(4)9-11-12(13-8-6-2)17-15-14-11/h10,13H,5-9H2,1-4H3. The fourth-order valence-electron chi connectivity index (χ4n) is 1.72. The highest BCUT2D eigenvalue weighted by molar-refractivity contribution is 7.10. The third-order valence-corrected chi connectivity index (χ3v) is 3.68. The van der Waals surface area contributed by atoms with Gasteiger partial charge < -0.3 is 5.32 Å². The predicted octanol–water partition coefficient (Wildman–Crippen LogP) is 2.98. The Morgan fingerprint density at radius 1 is 1.35 bits per heavy atom. The van der Waals surface area contributed by atoms with Gasteiger partial charge in [0, 0.05) is 30.7 Å². The van der Waals surface area contributed by atoms with Gasteiger partial charge in [0.05, 0.1) is 0 Å². The van der Waals surface area contributed by atoms with Crippen LogP contribution in [-0.4, -0.2) is 34.1 Å². The summed E-state index contributed by atoms with van der Waals surface area (Å²) in [5.41, 5.74) is 1.08. The molecule has 1 N–H and O–H groups in total. The monoisotopic (exact) mass is 256 g/mol. The SMILES string of the molecule is CCCNc1snnc1CN(C)C(C)CCC. The van der Waals surface area contributed by atoms with Crippen molar-refractivity contribution in [3.05, 3.63) is 5.69 Å². The van der Waals surface area contributed by atoms with E-state index in [2.05, 4.69) is 47.6 Å². The highest BCUT2D eigenvalue weighted by Crippen LogP contribution is 2.20. The second-order valence-corrected chi connectivity index (χ2v) is 5.28. The molecule has 0 spiro atoms. The van der Waals surface area contributed by atoms with E-state index in [0.717, 1.165) is 30.2 Å². The quantitative estimate of drug-likeness (QED) is 0.776. The first-order valence-corrected chi connectivity index (χ1v) is 7.21. The summed E-state index contributed by atoms with van der Waals surface area (Å²) in [7, 11) is 2.16. The number of hydrogen-bond donors (Lipinski definition) is 1. The van der Waals surface area contributed by atoms with Crippen molar-refractivity contribution in [1.29, 1.82) is 0 Å². The first kappa shape index (κ1) is 14.4. The van der Waals surface area contributed by atoms with E-state index < -0.39 is 0 Å². The van der Waals surface area contributed by atoms with E-state index in [1.807, 2.05) is 0 Å². The number of nitrogens with one attached hydrogen (secondary N) is 1. The van der Waals surface area contributed by atoms with Crippen molar-refractivity contribution < 1.29 is 0 Å². The van der Waals surface area contributed by atoms with Gasteiger partial charge in [0.2, 0.25) is 0 Å². The van der Waals surface area contributed by atoms with Crippen LogP contribution in [0.15, 0.2) is 0 Å². The lowest BCUT2D eigenvalue weighted by Crippen LogP contribution is -2.28. The van der Waals surface area contributed by atoms with Crippen molar-refractivity contribution in [3.8, 4) is 0 Å². The van der Waals surface area contributed by atoms with Crippen LogP contribution < -0.4 is 5.32 Å². The maximum absolute atomic E-state index is 4.22. The van der Waals surface area contributed by atoms with Crippen LogP contribution in [0.2, 0.25) is 0 Å². The summed E-state index contributed by atoms with van der Waals surface area (Å²) in [6.07, 6.45) is 3.58. The van der Waals surface area contributed by atoms with E-state index in [1.165, 1.54) is 24.4 Å². The van der Waals surface area contributed by atoms with E-state index in [4.69, 9.17) is 0 Å². The Balaban J connectivity index is 2.52. The molecule has 0 bridgehead atoms. The molecule has 98 valence electrons. The highest BCUT2D eigenvalue weighted by atomic mass is 32.1. The Morgan fingerprint density at radius 3 is 2.76 bits per heavy atom. The second kappa shape index (κ2) is 7.61. The summed E-state index contributed by atoms with van der Waals surface area (Å²) in [4.78, 5) is 2.34. The van der Waals surface area contributed by atoms with Crippen LogP contribution in [0, 0.1) is 0 Å². The van der Waals surface area contributed by atoms with Crippen molar-refractivity contribution >= 4 is 16.5 Å². The summed E-state index contributed by atoms with van der Waals surface area (Å²) in [5.74, 6) is 0. The largest absolute Gasteiger partial charge is 0.374 e. The van der Waals surface area contributed by atoms with Gasteiger partial charge >= 0.3 is 0 Å². The van der Waals surface area contributed by atoms with Crippen molar-refractivity contribution in [2.75, 3.05) is 18.9 Å². The fraction of sp³-hybridized carbons (Fsp3) is 0.833. The first-order valence-electron chi connectivity index (χ1n) is 6.44. The molecule has 0 radical (unpaired) electrons. The lowest BCUT2D eigenvalue weighted by molar-refractivity contribution is 0.234. The Hall–Kier alpha value is -0.680. The molecule has 0 fully saturated rings. The highest BCUT2D eigenvalue weighted by Gasteiger charge is 2.13. The number of aromatic nitrogens is 2. The maximum Gasteiger partial charge on any atom is 0.134 e. The molecule has 1 aromatic rings. The number of hydrogen-bond acceptors (Lipinski definition) is 5. The summed E-state index contributed by atoms with van der Waals surface area (Å²) in [6.45, 7) is 8.52. The smallest absolute Gasteiger partial charge is 0.134 e. The lowest BCUT2D eigenvalue weighted by atomic mass is 10.2. The molecule has 1 aromatic heterocycles. The Morgan fingerprint density at radius 2 is 2.12 bits per heavy atom. The van der Waals surface area contributed by atoms with E-state index in [9.17, 15) is 0 Å². The molecule has 4 nitrogen and oxygen atoms in total. The minimum Gasteiger partial charge on any atom is -0.374 e. The zero-order chi connectivity index (χ0) is 12.7. The van der Waals surface area contributed by atoms with Gasteiger partial charge in [-0.25, -0.2) is 0 Å². The molecule has 5 heteroatoms. The van der Waals surface area contributed by atoms with Crippen LogP contribution in [0.25, 0.3) is 0 Å². The minimum absolute atomic E-state index is 0.598. The number of nitrogens with zero attached hydrogens (tertiary/aromatic N) is 3. The molecular weight excluding hydrogens is 232 g/mol. The maximum atomic E-state index is 4.22. The van der Waals surface area contributed by atoms with Crippen molar-refractivity contribution in [2.24, 2.45) is 0 Å². The average Bonchev–Trinajstić information content (AvgIpc) is 2.74. The molecule has 17 heavy (non-hydrogen) atoms. The van der Waals surface area contributed by atoms with Crippen LogP contribution in [0.5, 0.6) is 0 Å². The fourth-order valence-corrected chi connectivity index (χ4v) is 2.31. The molecule has 0 saturated carbocycles. The van der Waals surface area contributed by atoms with Gasteiger partial charge in [0.15, 0.2) is 0 Å². The van der Waals surface area contributed by atoms with Crippen LogP contribution in [-0.2, 0) is 6.54 Å². The Labute approximate surface area is 109 Å². The zero-order valence-corrected chi connectivity index (χ0v) is 12.2. The molecule has 1 atom stereocenters. The topological polar surface area (TPSA) is 41.1 Å². The minimum atomic E-state index is 0.598. The van der Waals surface area contributed by atoms with Crippen molar-refractivity contribution in [2.45, 2.75) is 52.6 Å². The summed E-state index contributed by atoms with van der Waals surface area (Å²) in [5, 5.41) is 8.73. The van der Waals surface area contributed by atoms with Crippen LogP contribution in [0.3, 0.4) is 0 Å². The molecule has 1 rings (SSSR count). The number of anilines is 1. The molecule has 1 unspecified atom stereocenters. The molecule has 0 aliphatic carbocycles. The molecular formula is C12H24N4S. The first-order chi connectivity index (χ1) is 8.19. The van der Waals surface area contributed by atoms with E-state index in [0.29, 0.717) is 6.04 Å². The van der Waals surface area contributed by atoms with Crippen LogP contribution in [0.1, 0.15) is 45.7 Å². The predicted molar refractivity (Wildman–Crippen MR) is 74.5 cm³/mol. The van der Waals surface area contributed by atoms with E-state index >= 15 is 0 Å². The summed E-state index contributed by atoms with van der Waals surface area (Å²) >= 11 is 1.46. The summed E-state index contributed by atoms with van der Waals surface area (Å²) in [6, 6.07) is 0.598. The van der Waals surface area contributed by atoms with Gasteiger partial charge in [-0.3, -0.25) is 4.90 Å². The lowest BCUT2D eigenvalue weighted by Gasteiger charge is -2.23. The second-order valence-electron chi connectivity index (χ2n) is 4.53. The van der Waals surface area contributed by atoms with Crippen molar-refractivity contribution in [1.82, 2.24) is 14.5 Å². The molecule has 0 aromatic carbocycles. The van der Waals surface area contributed by atoms with Gasteiger partial charge in [-0.15, -0.1) is 5.10 Å². The van der Waals surface area contributed by atoms with Gasteiger partial charge in [-0.1, -0.05) is 24.8 Å². The van der Waals surface area contributed by atoms with Gasteiger partial charge in [0.25, 0.3) is 0 Å². The zero-order valence-electron chi connectivity index (χ0n) is 11.4. The molecule has 0 aliphatic heterocycles. The number of rotatable bonds is 8. The van der Waals surface area contributed by atoms with Gasteiger partial charge in [-0.05, 0) is 26.8 Å². The van der Waals surface area contributed by atoms with E-state index in [-0.39, 0.29) is 0 Å². The van der Waals surface area contributed by atoms with Crippen LogP contribution in [0.4, 0.5) is 5.00 Å². The molecule has 0 amide bonds. The summed E-state index contributed by atoms with van der Waals surface area (Å²) < 4.78 is 4.04. The third-order valence-electron chi connectivity index (χ3n) is 2.95. The van der Waals surface area contributed by atoms with Gasteiger partial charge in [0.1, 0.15) is 10.7 Å². The van der Waals surface area contributed by atoms with Crippen molar-refractivity contribution in [3.63, 3.8) is 0 Å². The van der Waals surface area contributed by atoms with E-state index in [1.54, 1.807) is 0 Å². The van der Waals surface area contributed by atoms with Gasteiger partial charge in [-0.2, -0.15) is 0 Å².